The third-order valence-electron chi connectivity index (χ3n) is 3.51. The molecule has 0 amide bonds. The summed E-state index contributed by atoms with van der Waals surface area (Å²) in [5.41, 5.74) is 0.226. The number of carbonyl (C=O) groups excluding carboxylic acids is 1. The van der Waals surface area contributed by atoms with Gasteiger partial charge in [0, 0.05) is 19.2 Å². The summed E-state index contributed by atoms with van der Waals surface area (Å²) < 4.78 is 0. The Morgan fingerprint density at radius 2 is 2.16 bits per heavy atom. The number of aliphatic hydroxyl groups is 1. The first-order chi connectivity index (χ1) is 9.10. The molecule has 0 radical (unpaired) electrons. The van der Waals surface area contributed by atoms with Crippen molar-refractivity contribution < 1.29 is 20.1 Å². The molecule has 0 aromatic heterocycles. The van der Waals surface area contributed by atoms with Crippen LogP contribution in [0.5, 0.6) is 11.5 Å². The van der Waals surface area contributed by atoms with E-state index in [0.717, 1.165) is 19.4 Å². The monoisotopic (exact) mass is 265 g/mol. The van der Waals surface area contributed by atoms with E-state index in [9.17, 15) is 15.0 Å². The summed E-state index contributed by atoms with van der Waals surface area (Å²) in [5.74, 6) is -0.195. The summed E-state index contributed by atoms with van der Waals surface area (Å²) in [4.78, 5) is 14.1. The Morgan fingerprint density at radius 1 is 1.37 bits per heavy atom. The van der Waals surface area contributed by atoms with E-state index < -0.39 is 0 Å². The van der Waals surface area contributed by atoms with Gasteiger partial charge in [0.2, 0.25) is 0 Å². The number of aliphatic hydroxyl groups excluding tert-OH is 1. The van der Waals surface area contributed by atoms with E-state index in [1.54, 1.807) is 0 Å². The number of hydrogen-bond acceptors (Lipinski definition) is 5. The fraction of sp³-hybridized carbons (Fsp3) is 0.500. The molecule has 1 atom stereocenters. The van der Waals surface area contributed by atoms with Gasteiger partial charge in [-0.05, 0) is 37.4 Å². The maximum absolute atomic E-state index is 12.1. The van der Waals surface area contributed by atoms with Crippen molar-refractivity contribution in [1.29, 1.82) is 0 Å². The second-order valence-electron chi connectivity index (χ2n) is 5.05. The molecule has 5 heteroatoms. The van der Waals surface area contributed by atoms with Crippen LogP contribution >= 0.6 is 0 Å². The molecule has 0 saturated carbocycles. The Bertz CT molecular complexity index is 461. The quantitative estimate of drug-likeness (QED) is 0.707. The van der Waals surface area contributed by atoms with Crippen molar-refractivity contribution in [2.45, 2.75) is 12.8 Å². The lowest BCUT2D eigenvalue weighted by Crippen LogP contribution is -2.39. The molecule has 0 bridgehead atoms. The number of likely N-dealkylation sites (tertiary alicyclic amines) is 1. The van der Waals surface area contributed by atoms with Crippen molar-refractivity contribution in [3.8, 4) is 11.5 Å². The minimum absolute atomic E-state index is 0.0626. The zero-order valence-corrected chi connectivity index (χ0v) is 10.7. The van der Waals surface area contributed by atoms with Crippen molar-refractivity contribution >= 4 is 5.78 Å². The van der Waals surface area contributed by atoms with Crippen molar-refractivity contribution in [3.05, 3.63) is 23.8 Å². The molecule has 1 heterocycles. The summed E-state index contributed by atoms with van der Waals surface area (Å²) in [6, 6.07) is 3.99. The van der Waals surface area contributed by atoms with Crippen LogP contribution < -0.4 is 0 Å². The molecule has 1 fully saturated rings. The van der Waals surface area contributed by atoms with Crippen LogP contribution in [-0.4, -0.2) is 52.2 Å². The minimum atomic E-state index is -0.194. The first-order valence-corrected chi connectivity index (χ1v) is 6.48. The maximum Gasteiger partial charge on any atom is 0.180 e. The molecular weight excluding hydrogens is 246 g/mol. The fourth-order valence-corrected chi connectivity index (χ4v) is 2.49. The lowest BCUT2D eigenvalue weighted by Gasteiger charge is -2.31. The van der Waals surface area contributed by atoms with E-state index in [1.807, 2.05) is 4.90 Å². The van der Waals surface area contributed by atoms with Crippen LogP contribution in [0.25, 0.3) is 0 Å². The molecule has 3 N–H and O–H groups in total. The standard InChI is InChI=1S/C14H19NO4/c16-9-10-2-1-5-15(7-10)8-14(19)12-4-3-11(17)6-13(12)18/h3-4,6,10,16-18H,1-2,5,7-9H2. The molecule has 104 valence electrons. The fourth-order valence-electron chi connectivity index (χ4n) is 2.49. The first kappa shape index (κ1) is 13.8. The number of aromatic hydroxyl groups is 2. The average molecular weight is 265 g/mol. The van der Waals surface area contributed by atoms with Crippen LogP contribution in [0.2, 0.25) is 0 Å². The Hall–Kier alpha value is -1.59. The Kier molecular flexibility index (Phi) is 4.39. The Morgan fingerprint density at radius 3 is 2.84 bits per heavy atom. The second kappa shape index (κ2) is 6.04. The summed E-state index contributed by atoms with van der Waals surface area (Å²) in [6.07, 6.45) is 1.96. The van der Waals surface area contributed by atoms with Gasteiger partial charge < -0.3 is 15.3 Å². The summed E-state index contributed by atoms with van der Waals surface area (Å²) in [6.45, 7) is 1.92. The van der Waals surface area contributed by atoms with Crippen LogP contribution in [0.1, 0.15) is 23.2 Å². The van der Waals surface area contributed by atoms with Gasteiger partial charge in [-0.3, -0.25) is 9.69 Å². The Balaban J connectivity index is 2.00. The highest BCUT2D eigenvalue weighted by Crippen LogP contribution is 2.24. The molecule has 1 aliphatic rings. The van der Waals surface area contributed by atoms with Crippen molar-refractivity contribution in [2.24, 2.45) is 5.92 Å². The number of Topliss-reactive ketones (excluding diaryl/α,β-unsaturated/α-hetero) is 1. The minimum Gasteiger partial charge on any atom is -0.508 e. The number of nitrogens with zero attached hydrogens (tertiary/aromatic N) is 1. The third kappa shape index (κ3) is 3.45. The number of ketones is 1. The molecule has 5 nitrogen and oxygen atoms in total. The van der Waals surface area contributed by atoms with Gasteiger partial charge in [-0.2, -0.15) is 0 Å². The van der Waals surface area contributed by atoms with E-state index in [-0.39, 0.29) is 41.9 Å². The van der Waals surface area contributed by atoms with Gasteiger partial charge in [0.15, 0.2) is 5.78 Å². The predicted octanol–water partition coefficient (Wildman–Crippen LogP) is 0.985. The molecule has 1 aliphatic heterocycles. The van der Waals surface area contributed by atoms with Crippen LogP contribution in [0.3, 0.4) is 0 Å². The van der Waals surface area contributed by atoms with Crippen LogP contribution in [0.4, 0.5) is 0 Å². The van der Waals surface area contributed by atoms with Gasteiger partial charge in [0.05, 0.1) is 12.1 Å². The van der Waals surface area contributed by atoms with E-state index in [2.05, 4.69) is 0 Å². The van der Waals surface area contributed by atoms with E-state index >= 15 is 0 Å². The van der Waals surface area contributed by atoms with Gasteiger partial charge in [0.25, 0.3) is 0 Å². The third-order valence-corrected chi connectivity index (χ3v) is 3.51. The highest BCUT2D eigenvalue weighted by Gasteiger charge is 2.22. The number of rotatable bonds is 4. The lowest BCUT2D eigenvalue weighted by molar-refractivity contribution is 0.0831. The molecule has 1 unspecified atom stereocenters. The number of carbonyl (C=O) groups is 1. The lowest BCUT2D eigenvalue weighted by atomic mass is 9.98. The molecule has 19 heavy (non-hydrogen) atoms. The smallest absolute Gasteiger partial charge is 0.180 e. The first-order valence-electron chi connectivity index (χ1n) is 6.48. The highest BCUT2D eigenvalue weighted by molar-refractivity contribution is 6.00. The van der Waals surface area contributed by atoms with Gasteiger partial charge in [-0.25, -0.2) is 0 Å². The van der Waals surface area contributed by atoms with Gasteiger partial charge >= 0.3 is 0 Å². The summed E-state index contributed by atoms with van der Waals surface area (Å²) in [5, 5.41) is 28.0. The van der Waals surface area contributed by atoms with Crippen molar-refractivity contribution in [3.63, 3.8) is 0 Å². The normalized spacial score (nSPS) is 20.4. The largest absolute Gasteiger partial charge is 0.508 e. The van der Waals surface area contributed by atoms with Gasteiger partial charge in [-0.1, -0.05) is 0 Å². The molecule has 1 aromatic rings. The second-order valence-corrected chi connectivity index (χ2v) is 5.05. The molecule has 2 rings (SSSR count). The number of piperidine rings is 1. The summed E-state index contributed by atoms with van der Waals surface area (Å²) >= 11 is 0. The van der Waals surface area contributed by atoms with E-state index in [1.165, 1.54) is 18.2 Å². The number of phenols is 2. The highest BCUT2D eigenvalue weighted by atomic mass is 16.3. The van der Waals surface area contributed by atoms with E-state index in [4.69, 9.17) is 5.11 Å². The van der Waals surface area contributed by atoms with Crippen LogP contribution in [0.15, 0.2) is 18.2 Å². The van der Waals surface area contributed by atoms with E-state index in [0.29, 0.717) is 6.54 Å². The molecular formula is C14H19NO4. The van der Waals surface area contributed by atoms with Gasteiger partial charge in [0.1, 0.15) is 11.5 Å². The maximum atomic E-state index is 12.1. The molecule has 1 aromatic carbocycles. The zero-order chi connectivity index (χ0) is 13.8. The number of hydrogen-bond donors (Lipinski definition) is 3. The van der Waals surface area contributed by atoms with Crippen molar-refractivity contribution in [2.75, 3.05) is 26.2 Å². The molecule has 0 spiro atoms. The van der Waals surface area contributed by atoms with Gasteiger partial charge in [-0.15, -0.1) is 0 Å². The predicted molar refractivity (Wildman–Crippen MR) is 70.4 cm³/mol. The average Bonchev–Trinajstić information content (AvgIpc) is 2.38. The number of phenolic OH excluding ortho intramolecular Hbond substituents is 2. The SMILES string of the molecule is O=C(CN1CCCC(CO)C1)c1ccc(O)cc1O. The molecule has 1 saturated heterocycles. The topological polar surface area (TPSA) is 81.0 Å². The zero-order valence-electron chi connectivity index (χ0n) is 10.7. The van der Waals surface area contributed by atoms with Crippen LogP contribution in [-0.2, 0) is 0 Å². The van der Waals surface area contributed by atoms with Crippen LogP contribution in [0, 0.1) is 5.92 Å². The number of benzene rings is 1. The Labute approximate surface area is 112 Å². The summed E-state index contributed by atoms with van der Waals surface area (Å²) in [7, 11) is 0. The molecule has 0 aliphatic carbocycles. The van der Waals surface area contributed by atoms with Crippen molar-refractivity contribution in [1.82, 2.24) is 4.90 Å².